The zero-order chi connectivity index (χ0) is 26.1. The fourth-order valence-corrected chi connectivity index (χ4v) is 6.05. The first-order valence-corrected chi connectivity index (χ1v) is 14.0. The Balaban J connectivity index is 1.45. The largest absolute Gasteiger partial charge is 0.340 e. The molecule has 0 unspecified atom stereocenters. The van der Waals surface area contributed by atoms with Crippen LogP contribution in [0.5, 0.6) is 0 Å². The van der Waals surface area contributed by atoms with Crippen molar-refractivity contribution in [3.63, 3.8) is 0 Å². The molecule has 0 atom stereocenters. The van der Waals surface area contributed by atoms with Crippen LogP contribution in [-0.2, 0) is 10.0 Å². The first-order valence-electron chi connectivity index (χ1n) is 12.6. The molecule has 0 saturated carbocycles. The molecule has 198 valence electrons. The Morgan fingerprint density at radius 1 is 0.946 bits per heavy atom. The van der Waals surface area contributed by atoms with E-state index in [1.165, 1.54) is 12.1 Å². The van der Waals surface area contributed by atoms with E-state index in [0.717, 1.165) is 45.2 Å². The van der Waals surface area contributed by atoms with Crippen molar-refractivity contribution in [1.82, 2.24) is 19.6 Å². The first-order chi connectivity index (χ1) is 18.0. The summed E-state index contributed by atoms with van der Waals surface area (Å²) in [6, 6.07) is 14.3. The number of rotatable bonds is 12. The molecule has 1 aliphatic rings. The zero-order valence-electron chi connectivity index (χ0n) is 20.7. The zero-order valence-corrected chi connectivity index (χ0v) is 21.6. The number of anilines is 4. The summed E-state index contributed by atoms with van der Waals surface area (Å²) < 4.78 is 42.0. The molecule has 37 heavy (non-hydrogen) atoms. The van der Waals surface area contributed by atoms with Crippen LogP contribution >= 0.6 is 0 Å². The lowest BCUT2D eigenvalue weighted by Crippen LogP contribution is -2.46. The maximum absolute atomic E-state index is 13.6. The van der Waals surface area contributed by atoms with Crippen molar-refractivity contribution in [3.8, 4) is 0 Å². The van der Waals surface area contributed by atoms with E-state index in [1.807, 2.05) is 0 Å². The third kappa shape index (κ3) is 7.45. The Morgan fingerprint density at radius 3 is 2.32 bits per heavy atom. The molecular weight excluding hydrogens is 493 g/mol. The van der Waals surface area contributed by atoms with Gasteiger partial charge in [0.2, 0.25) is 16.0 Å². The fourth-order valence-electron chi connectivity index (χ4n) is 4.33. The summed E-state index contributed by atoms with van der Waals surface area (Å²) in [6.45, 7) is 2.74. The van der Waals surface area contributed by atoms with Crippen molar-refractivity contribution in [3.05, 3.63) is 66.6 Å². The lowest BCUT2D eigenvalue weighted by atomic mass is 10.1. The minimum atomic E-state index is -3.64. The Morgan fingerprint density at radius 2 is 1.62 bits per heavy atom. The highest BCUT2D eigenvalue weighted by atomic mass is 32.2. The van der Waals surface area contributed by atoms with E-state index in [1.54, 1.807) is 53.0 Å². The van der Waals surface area contributed by atoms with Crippen molar-refractivity contribution in [2.45, 2.75) is 43.0 Å². The van der Waals surface area contributed by atoms with Gasteiger partial charge in [-0.05, 0) is 99.9 Å². The summed E-state index contributed by atoms with van der Waals surface area (Å²) in [7, 11) is -3.64. The van der Waals surface area contributed by atoms with Crippen LogP contribution in [0.4, 0.5) is 27.5 Å². The summed E-state index contributed by atoms with van der Waals surface area (Å²) >= 11 is 0. The highest BCUT2D eigenvalue weighted by molar-refractivity contribution is 7.89. The smallest absolute Gasteiger partial charge is 0.243 e. The molecule has 5 N–H and O–H groups in total. The molecule has 1 aromatic heterocycles. The van der Waals surface area contributed by atoms with Gasteiger partial charge < -0.3 is 21.7 Å². The lowest BCUT2D eigenvalue weighted by molar-refractivity contribution is 0.258. The molecule has 1 fully saturated rings. The average molecular weight is 528 g/mol. The van der Waals surface area contributed by atoms with Crippen molar-refractivity contribution in [2.75, 3.05) is 36.8 Å². The number of sulfonamides is 1. The summed E-state index contributed by atoms with van der Waals surface area (Å²) in [5, 5.41) is 9.52. The predicted molar refractivity (Wildman–Crippen MR) is 144 cm³/mol. The number of halogens is 1. The quantitative estimate of drug-likeness (QED) is 0.261. The molecule has 0 aliphatic carbocycles. The predicted octanol–water partition coefficient (Wildman–Crippen LogP) is 3.97. The summed E-state index contributed by atoms with van der Waals surface area (Å²) in [5.74, 6) is 0.570. The minimum absolute atomic E-state index is 0.00771. The summed E-state index contributed by atoms with van der Waals surface area (Å²) in [5.41, 5.74) is 6.97. The molecule has 0 bridgehead atoms. The van der Waals surface area contributed by atoms with Crippen LogP contribution in [0.1, 0.15) is 32.1 Å². The Labute approximate surface area is 217 Å². The Hall–Kier alpha value is -3.12. The van der Waals surface area contributed by atoms with Crippen molar-refractivity contribution >= 4 is 33.2 Å². The highest BCUT2D eigenvalue weighted by Gasteiger charge is 2.31. The van der Waals surface area contributed by atoms with Crippen molar-refractivity contribution in [2.24, 2.45) is 5.73 Å². The monoisotopic (exact) mass is 527 g/mol. The number of hydrogen-bond acceptors (Lipinski definition) is 8. The van der Waals surface area contributed by atoms with Gasteiger partial charge in [0.1, 0.15) is 11.6 Å². The van der Waals surface area contributed by atoms with Crippen LogP contribution in [0, 0.1) is 5.82 Å². The van der Waals surface area contributed by atoms with Gasteiger partial charge in [-0.3, -0.25) is 0 Å². The van der Waals surface area contributed by atoms with Gasteiger partial charge in [0.05, 0.1) is 4.90 Å². The van der Waals surface area contributed by atoms with Crippen LogP contribution in [-0.4, -0.2) is 54.9 Å². The maximum Gasteiger partial charge on any atom is 0.243 e. The lowest BCUT2D eigenvalue weighted by Gasteiger charge is -2.34. The number of nitrogens with two attached hydrogens (primary N) is 1. The van der Waals surface area contributed by atoms with E-state index in [2.05, 4.69) is 25.9 Å². The van der Waals surface area contributed by atoms with Crippen molar-refractivity contribution < 1.29 is 12.8 Å². The van der Waals surface area contributed by atoms with Crippen molar-refractivity contribution in [1.29, 1.82) is 0 Å². The van der Waals surface area contributed by atoms with E-state index in [-0.39, 0.29) is 16.8 Å². The van der Waals surface area contributed by atoms with E-state index in [0.29, 0.717) is 36.2 Å². The molecule has 0 radical (unpaired) electrons. The fraction of sp³-hybridized carbons (Fsp3) is 0.385. The van der Waals surface area contributed by atoms with Gasteiger partial charge in [0, 0.05) is 30.2 Å². The second kappa shape index (κ2) is 12.9. The second-order valence-electron chi connectivity index (χ2n) is 8.99. The molecule has 0 amide bonds. The third-order valence-electron chi connectivity index (χ3n) is 6.29. The van der Waals surface area contributed by atoms with Gasteiger partial charge in [-0.15, -0.1) is 0 Å². The highest BCUT2D eigenvalue weighted by Crippen LogP contribution is 2.25. The molecular formula is C26H34FN7O2S. The molecule has 1 aliphatic heterocycles. The Bertz CT molecular complexity index is 1230. The van der Waals surface area contributed by atoms with E-state index in [9.17, 15) is 12.8 Å². The summed E-state index contributed by atoms with van der Waals surface area (Å²) in [6.07, 6.45) is 5.79. The van der Waals surface area contributed by atoms with Crippen LogP contribution in [0.25, 0.3) is 0 Å². The van der Waals surface area contributed by atoms with Gasteiger partial charge in [-0.25, -0.2) is 17.8 Å². The maximum atomic E-state index is 13.6. The third-order valence-corrected chi connectivity index (χ3v) is 8.25. The number of aromatic nitrogens is 2. The van der Waals surface area contributed by atoms with E-state index >= 15 is 0 Å². The number of benzene rings is 2. The molecule has 3 aromatic rings. The van der Waals surface area contributed by atoms with Gasteiger partial charge in [0.25, 0.3) is 0 Å². The first kappa shape index (κ1) is 26.9. The van der Waals surface area contributed by atoms with Crippen LogP contribution in [0.2, 0.25) is 0 Å². The van der Waals surface area contributed by atoms with Gasteiger partial charge >= 0.3 is 0 Å². The van der Waals surface area contributed by atoms with Gasteiger partial charge in [-0.1, -0.05) is 6.42 Å². The van der Waals surface area contributed by atoms with E-state index < -0.39 is 10.0 Å². The second-order valence-corrected chi connectivity index (χ2v) is 10.9. The summed E-state index contributed by atoms with van der Waals surface area (Å²) in [4.78, 5) is 8.93. The van der Waals surface area contributed by atoms with Crippen LogP contribution in [0.15, 0.2) is 65.7 Å². The van der Waals surface area contributed by atoms with Crippen LogP contribution in [0.3, 0.4) is 0 Å². The Kier molecular flexibility index (Phi) is 9.40. The average Bonchev–Trinajstić information content (AvgIpc) is 2.91. The molecule has 0 spiro atoms. The molecule has 2 heterocycles. The molecule has 9 nitrogen and oxygen atoms in total. The number of nitrogens with one attached hydrogen (secondary N) is 3. The number of nitrogens with zero attached hydrogens (tertiary/aromatic N) is 3. The molecule has 4 rings (SSSR count). The number of hydrogen-bond donors (Lipinski definition) is 4. The molecule has 2 aromatic carbocycles. The molecule has 1 saturated heterocycles. The van der Waals surface area contributed by atoms with Gasteiger partial charge in [0.15, 0.2) is 0 Å². The standard InChI is InChI=1S/C26H34FN7O2S/c27-20-4-6-21(7-5-20)31-25-14-18-30-26(33-25)32-22-8-10-24(11-9-22)37(35,36)34(19-3-1-2-15-28)23-12-16-29-17-13-23/h4-11,14,18,23,29H,1-3,12-13,15-17,19,28H2,(H2,30,31,32,33). The number of unbranched alkanes of at least 4 members (excludes halogenated alkanes) is 2. The SMILES string of the molecule is NCCCCCN(C1CCNCC1)S(=O)(=O)c1ccc(Nc2nccc(Nc3ccc(F)cc3)n2)cc1. The van der Waals surface area contributed by atoms with Gasteiger partial charge in [-0.2, -0.15) is 9.29 Å². The molecule has 11 heteroatoms. The normalized spacial score (nSPS) is 14.6. The van der Waals surface area contributed by atoms with E-state index in [4.69, 9.17) is 5.73 Å². The minimum Gasteiger partial charge on any atom is -0.340 e. The van der Waals surface area contributed by atoms with Crippen LogP contribution < -0.4 is 21.7 Å². The topological polar surface area (TPSA) is 125 Å². The number of piperidine rings is 1.